The molecule has 4 heterocycles. The third-order valence-electron chi connectivity index (χ3n) is 11.9. The Morgan fingerprint density at radius 2 is 1.15 bits per heavy atom. The fourth-order valence-corrected chi connectivity index (χ4v) is 9.86. The average molecular weight is 903 g/mol. The number of carbonyl (C=O) groups is 3. The molecule has 6 aromatic rings. The second kappa shape index (κ2) is 21.1. The van der Waals surface area contributed by atoms with E-state index in [0.717, 1.165) is 83.5 Å². The maximum atomic E-state index is 12.6. The van der Waals surface area contributed by atoms with Gasteiger partial charge < -0.3 is 20.4 Å². The molecule has 332 valence electrons. The van der Waals surface area contributed by atoms with Crippen LogP contribution in [0.5, 0.6) is 0 Å². The van der Waals surface area contributed by atoms with Crippen molar-refractivity contribution in [3.63, 3.8) is 0 Å². The van der Waals surface area contributed by atoms with Gasteiger partial charge in [-0.15, -0.1) is 0 Å². The number of amides is 2. The van der Waals surface area contributed by atoms with Crippen molar-refractivity contribution in [2.24, 2.45) is 9.98 Å². The molecule has 2 saturated carbocycles. The molecule has 11 nitrogen and oxygen atoms in total. The van der Waals surface area contributed by atoms with Gasteiger partial charge in [-0.3, -0.25) is 34.3 Å². The Bertz CT molecular complexity index is 2760. The summed E-state index contributed by atoms with van der Waals surface area (Å²) in [6, 6.07) is 37.3. The van der Waals surface area contributed by atoms with Crippen LogP contribution in [0, 0.1) is 0 Å². The fraction of sp³-hybridized carbons (Fsp3) is 0.288. The summed E-state index contributed by atoms with van der Waals surface area (Å²) in [5.41, 5.74) is 8.57. The zero-order chi connectivity index (χ0) is 45.3. The Kier molecular flexibility index (Phi) is 14.7. The number of aldehydes is 1. The van der Waals surface area contributed by atoms with Crippen molar-refractivity contribution in [3.8, 4) is 0 Å². The predicted molar refractivity (Wildman–Crippen MR) is 270 cm³/mol. The fourth-order valence-electron chi connectivity index (χ4n) is 8.24. The molecule has 2 aromatic heterocycles. The van der Waals surface area contributed by atoms with Gasteiger partial charge in [-0.2, -0.15) is 0 Å². The van der Waals surface area contributed by atoms with Crippen LogP contribution in [0.3, 0.4) is 0 Å². The summed E-state index contributed by atoms with van der Waals surface area (Å²) in [6.07, 6.45) is 8.63. The van der Waals surface area contributed by atoms with Gasteiger partial charge in [-0.1, -0.05) is 78.5 Å². The lowest BCUT2D eigenvalue weighted by molar-refractivity contribution is -0.117. The van der Waals surface area contributed by atoms with Crippen LogP contribution in [0.1, 0.15) is 79.4 Å². The first-order valence-electron chi connectivity index (χ1n) is 22.4. The average Bonchev–Trinajstić information content (AvgIpc) is 4.23. The third kappa shape index (κ3) is 11.1. The molecule has 0 bridgehead atoms. The van der Waals surface area contributed by atoms with Crippen LogP contribution in [-0.4, -0.2) is 82.4 Å². The molecule has 65 heavy (non-hydrogen) atoms. The van der Waals surface area contributed by atoms with E-state index in [1.54, 1.807) is 6.07 Å². The van der Waals surface area contributed by atoms with E-state index in [1.807, 2.05) is 60.9 Å². The van der Waals surface area contributed by atoms with E-state index in [-0.39, 0.29) is 17.9 Å². The second-order valence-corrected chi connectivity index (χ2v) is 18.1. The highest BCUT2D eigenvalue weighted by Crippen LogP contribution is 2.45. The minimum atomic E-state index is -0.0825. The van der Waals surface area contributed by atoms with Crippen molar-refractivity contribution in [2.75, 3.05) is 41.7 Å². The molecule has 4 aliphatic rings. The Hall–Kier alpha value is -6.31. The van der Waals surface area contributed by atoms with E-state index < -0.39 is 0 Å². The Balaban J connectivity index is 0.000000147. The number of fused-ring (bicyclic) bond motifs is 2. The number of pyridine rings is 2. The standard InChI is InChI=1S/C26H26N4OS.C14H16N2O.C12H12N2OS/c1-3-30(4-2)23-12-13-27-21-11-10-17(14-20(21)23)15-24-25(31)29-26(32-24)28-22-16-19(22)18-8-6-5-7-9-18;1-3-16(4-2)14-7-8-15-13-6-5-11(10-17)9-12(13)14;15-11-7-16-12(14-11)13-10-6-9(10)8-4-2-1-3-5-8/h5-15,19,22H,3-4,16H2,1-2H3,(H,28,29,31);5-10H,3-4H2,1-2H3;1-5,9-10H,6-7H2,(H,13,14,15)/b24-15-;;/t19-,22+;;9-,10+/m1.1/s1. The van der Waals surface area contributed by atoms with Gasteiger partial charge >= 0.3 is 0 Å². The summed E-state index contributed by atoms with van der Waals surface area (Å²) in [5, 5.41) is 9.36. The van der Waals surface area contributed by atoms with Gasteiger partial charge in [-0.05, 0) is 118 Å². The molecule has 2 aliphatic carbocycles. The van der Waals surface area contributed by atoms with E-state index in [4.69, 9.17) is 4.99 Å². The molecule has 0 radical (unpaired) electrons. The number of thioether (sulfide) groups is 2. The number of nitrogens with zero attached hydrogens (tertiary/aromatic N) is 6. The van der Waals surface area contributed by atoms with Gasteiger partial charge in [0.25, 0.3) is 5.91 Å². The monoisotopic (exact) mass is 902 g/mol. The van der Waals surface area contributed by atoms with Crippen LogP contribution in [0.4, 0.5) is 11.4 Å². The Morgan fingerprint density at radius 3 is 1.65 bits per heavy atom. The zero-order valence-electron chi connectivity index (χ0n) is 37.2. The molecule has 2 saturated heterocycles. The topological polar surface area (TPSA) is 132 Å². The molecule has 2 aliphatic heterocycles. The van der Waals surface area contributed by atoms with Crippen LogP contribution in [-0.2, 0) is 9.59 Å². The van der Waals surface area contributed by atoms with E-state index >= 15 is 0 Å². The molecule has 4 fully saturated rings. The summed E-state index contributed by atoms with van der Waals surface area (Å²) >= 11 is 2.93. The van der Waals surface area contributed by atoms with Crippen molar-refractivity contribution in [1.29, 1.82) is 0 Å². The van der Waals surface area contributed by atoms with E-state index in [2.05, 4.69) is 124 Å². The van der Waals surface area contributed by atoms with Crippen LogP contribution in [0.15, 0.2) is 136 Å². The van der Waals surface area contributed by atoms with E-state index in [1.165, 1.54) is 40.3 Å². The quantitative estimate of drug-likeness (QED) is 0.0910. The van der Waals surface area contributed by atoms with Crippen LogP contribution in [0.2, 0.25) is 0 Å². The lowest BCUT2D eigenvalue weighted by Gasteiger charge is -2.22. The molecule has 0 unspecified atom stereocenters. The van der Waals surface area contributed by atoms with Gasteiger partial charge in [0.05, 0.1) is 33.8 Å². The van der Waals surface area contributed by atoms with Gasteiger partial charge in [0.1, 0.15) is 6.29 Å². The lowest BCUT2D eigenvalue weighted by atomic mass is 10.1. The maximum absolute atomic E-state index is 12.6. The number of rotatable bonds is 12. The number of anilines is 2. The zero-order valence-corrected chi connectivity index (χ0v) is 38.8. The van der Waals surface area contributed by atoms with Crippen molar-refractivity contribution in [2.45, 2.75) is 64.5 Å². The van der Waals surface area contributed by atoms with Crippen molar-refractivity contribution < 1.29 is 14.4 Å². The normalized spacial score (nSPS) is 21.3. The van der Waals surface area contributed by atoms with Crippen molar-refractivity contribution in [3.05, 3.63) is 149 Å². The first-order valence-corrected chi connectivity index (χ1v) is 24.2. The summed E-state index contributed by atoms with van der Waals surface area (Å²) in [7, 11) is 0. The van der Waals surface area contributed by atoms with Gasteiger partial charge in [-0.25, -0.2) is 0 Å². The van der Waals surface area contributed by atoms with Crippen LogP contribution in [0.25, 0.3) is 27.9 Å². The highest BCUT2D eigenvalue weighted by Gasteiger charge is 2.40. The Labute approximate surface area is 389 Å². The number of hydrogen-bond donors (Lipinski definition) is 2. The summed E-state index contributed by atoms with van der Waals surface area (Å²) in [4.78, 5) is 57.8. The highest BCUT2D eigenvalue weighted by atomic mass is 32.2. The molecular weight excluding hydrogens is 849 g/mol. The molecular formula is C52H54N8O3S2. The smallest absolute Gasteiger partial charge is 0.264 e. The second-order valence-electron chi connectivity index (χ2n) is 16.1. The molecule has 4 atom stereocenters. The number of aliphatic imine (C=N–C) groups is 2. The maximum Gasteiger partial charge on any atom is 0.264 e. The molecule has 13 heteroatoms. The summed E-state index contributed by atoms with van der Waals surface area (Å²) in [5.74, 6) is 1.51. The minimum Gasteiger partial charge on any atom is -0.371 e. The molecule has 4 aromatic carbocycles. The molecule has 0 spiro atoms. The SMILES string of the molecule is CCN(CC)c1ccnc2ccc(/C=C3\SC(=N[C@H]4C[C@@H]4c4ccccc4)NC3=O)cc12.CCN(CC)c1ccnc2ccc(C=O)cc12.O=C1CSC(=N[C@H]2C[C@@H]2c2ccccc2)N1. The van der Waals surface area contributed by atoms with Gasteiger partial charge in [0.15, 0.2) is 10.3 Å². The lowest BCUT2D eigenvalue weighted by Crippen LogP contribution is -2.22. The minimum absolute atomic E-state index is 0.0701. The molecule has 2 amide bonds. The molecule has 2 N–H and O–H groups in total. The number of hydrogen-bond acceptors (Lipinski definition) is 11. The largest absolute Gasteiger partial charge is 0.371 e. The van der Waals surface area contributed by atoms with Crippen LogP contribution >= 0.6 is 23.5 Å². The van der Waals surface area contributed by atoms with E-state index in [0.29, 0.717) is 39.3 Å². The summed E-state index contributed by atoms with van der Waals surface area (Å²) < 4.78 is 0. The van der Waals surface area contributed by atoms with E-state index in [9.17, 15) is 14.4 Å². The van der Waals surface area contributed by atoms with Crippen molar-refractivity contribution in [1.82, 2.24) is 20.6 Å². The summed E-state index contributed by atoms with van der Waals surface area (Å²) in [6.45, 7) is 12.3. The number of carbonyl (C=O) groups excluding carboxylic acids is 3. The third-order valence-corrected chi connectivity index (χ3v) is 13.7. The van der Waals surface area contributed by atoms with Gasteiger partial charge in [0, 0.05) is 78.1 Å². The Morgan fingerprint density at radius 1 is 0.646 bits per heavy atom. The van der Waals surface area contributed by atoms with Crippen LogP contribution < -0.4 is 20.4 Å². The van der Waals surface area contributed by atoms with Gasteiger partial charge in [0.2, 0.25) is 5.91 Å². The first-order chi connectivity index (χ1) is 31.8. The number of amidine groups is 2. The number of nitrogens with one attached hydrogen (secondary N) is 2. The highest BCUT2D eigenvalue weighted by molar-refractivity contribution is 8.18. The number of benzene rings is 4. The molecule has 10 rings (SSSR count). The predicted octanol–water partition coefficient (Wildman–Crippen LogP) is 9.85. The number of aromatic nitrogens is 2. The first kappa shape index (κ1) is 45.3. The van der Waals surface area contributed by atoms with Crippen molar-refractivity contribution >= 4 is 91.2 Å².